The number of benzene rings is 1. The van der Waals surface area contributed by atoms with E-state index >= 15 is 0 Å². The summed E-state index contributed by atoms with van der Waals surface area (Å²) in [4.78, 5) is 0. The highest BCUT2D eigenvalue weighted by molar-refractivity contribution is 7.71. The summed E-state index contributed by atoms with van der Waals surface area (Å²) < 4.78 is 20.9. The van der Waals surface area contributed by atoms with Crippen molar-refractivity contribution in [3.05, 3.63) is 29.3 Å². The van der Waals surface area contributed by atoms with Gasteiger partial charge in [-0.25, -0.2) is 8.42 Å². The minimum Gasteiger partial charge on any atom is -0.398 e. The molecule has 3 nitrogen and oxygen atoms in total. The molecule has 0 bridgehead atoms. The molecule has 66 valence electrons. The van der Waals surface area contributed by atoms with Gasteiger partial charge in [0.2, 0.25) is 0 Å². The van der Waals surface area contributed by atoms with Gasteiger partial charge in [0.05, 0.1) is 5.75 Å². The van der Waals surface area contributed by atoms with Crippen LogP contribution >= 0.6 is 0 Å². The van der Waals surface area contributed by atoms with Gasteiger partial charge in [0.15, 0.2) is 0 Å². The van der Waals surface area contributed by atoms with E-state index in [2.05, 4.69) is 0 Å². The van der Waals surface area contributed by atoms with Crippen molar-refractivity contribution < 1.29 is 8.42 Å². The number of nitrogens with two attached hydrogens (primary N) is 1. The topological polar surface area (TPSA) is 60.2 Å². The van der Waals surface area contributed by atoms with Gasteiger partial charge in [0, 0.05) is 5.69 Å². The third-order valence-electron chi connectivity index (χ3n) is 1.73. The van der Waals surface area contributed by atoms with E-state index in [1.807, 2.05) is 19.1 Å². The van der Waals surface area contributed by atoms with E-state index in [1.165, 1.54) is 0 Å². The first-order chi connectivity index (χ1) is 5.61. The second-order valence-corrected chi connectivity index (χ2v) is 3.62. The van der Waals surface area contributed by atoms with Gasteiger partial charge in [0.25, 0.3) is 0 Å². The molecule has 0 spiro atoms. The van der Waals surface area contributed by atoms with E-state index in [0.29, 0.717) is 11.3 Å². The molecule has 4 heteroatoms. The molecule has 0 atom stereocenters. The van der Waals surface area contributed by atoms with E-state index in [-0.39, 0.29) is 5.75 Å². The first-order valence-electron chi connectivity index (χ1n) is 3.57. The maximum atomic E-state index is 10.5. The zero-order valence-electron chi connectivity index (χ0n) is 6.78. The highest BCUT2D eigenvalue weighted by Gasteiger charge is 2.02. The molecule has 1 rings (SSSR count). The van der Waals surface area contributed by atoms with Crippen LogP contribution in [0.3, 0.4) is 0 Å². The van der Waals surface area contributed by atoms with Crippen LogP contribution in [0.5, 0.6) is 0 Å². The SMILES string of the molecule is Cc1cccc(N)c1C[SH](=O)=O. The second-order valence-electron chi connectivity index (χ2n) is 2.63. The van der Waals surface area contributed by atoms with E-state index < -0.39 is 10.7 Å². The van der Waals surface area contributed by atoms with Crippen molar-refractivity contribution in [3.8, 4) is 0 Å². The summed E-state index contributed by atoms with van der Waals surface area (Å²) in [6.45, 7) is 1.85. The molecule has 0 heterocycles. The molecule has 0 amide bonds. The van der Waals surface area contributed by atoms with Crippen molar-refractivity contribution in [2.24, 2.45) is 0 Å². The minimum absolute atomic E-state index is 0.0356. The molecule has 2 N–H and O–H groups in total. The third kappa shape index (κ3) is 1.98. The van der Waals surface area contributed by atoms with E-state index in [4.69, 9.17) is 5.73 Å². The van der Waals surface area contributed by atoms with Gasteiger partial charge in [-0.1, -0.05) is 12.1 Å². The van der Waals surface area contributed by atoms with Crippen LogP contribution in [0.2, 0.25) is 0 Å². The number of hydrogen-bond donors (Lipinski definition) is 2. The summed E-state index contributed by atoms with van der Waals surface area (Å²) in [6, 6.07) is 5.37. The number of anilines is 1. The van der Waals surface area contributed by atoms with Crippen molar-refractivity contribution in [1.82, 2.24) is 0 Å². The maximum Gasteiger partial charge on any atom is 0.144 e. The lowest BCUT2D eigenvalue weighted by Gasteiger charge is -2.04. The summed E-state index contributed by atoms with van der Waals surface area (Å²) in [5.41, 5.74) is 7.79. The minimum atomic E-state index is -2.39. The van der Waals surface area contributed by atoms with E-state index in [0.717, 1.165) is 5.56 Å². The molecule has 0 aromatic heterocycles. The van der Waals surface area contributed by atoms with Crippen LogP contribution in [0.4, 0.5) is 5.69 Å². The van der Waals surface area contributed by atoms with E-state index in [9.17, 15) is 8.42 Å². The Labute approximate surface area is 73.2 Å². The Kier molecular flexibility index (Phi) is 2.70. The van der Waals surface area contributed by atoms with Crippen molar-refractivity contribution in [2.45, 2.75) is 12.7 Å². The van der Waals surface area contributed by atoms with Crippen LogP contribution in [0, 0.1) is 6.92 Å². The Balaban J connectivity index is 3.12. The number of hydrogen-bond acceptors (Lipinski definition) is 3. The third-order valence-corrected chi connectivity index (χ3v) is 2.31. The van der Waals surface area contributed by atoms with E-state index in [1.54, 1.807) is 6.07 Å². The van der Waals surface area contributed by atoms with Crippen LogP contribution in [-0.4, -0.2) is 8.42 Å². The zero-order valence-corrected chi connectivity index (χ0v) is 7.67. The van der Waals surface area contributed by atoms with Gasteiger partial charge in [0.1, 0.15) is 10.7 Å². The highest BCUT2D eigenvalue weighted by Crippen LogP contribution is 2.16. The van der Waals surface area contributed by atoms with Crippen molar-refractivity contribution in [1.29, 1.82) is 0 Å². The fourth-order valence-corrected chi connectivity index (χ4v) is 1.76. The summed E-state index contributed by atoms with van der Waals surface area (Å²) in [6.07, 6.45) is 0. The zero-order chi connectivity index (χ0) is 9.14. The number of nitrogen functional groups attached to an aromatic ring is 1. The standard InChI is InChI=1S/C8H11NO2S/c1-6-3-2-4-8(9)7(6)5-12(10)11/h2-4,12H,5,9H2,1H3. The molecular formula is C8H11NO2S. The van der Waals surface area contributed by atoms with Gasteiger partial charge in [-0.2, -0.15) is 0 Å². The van der Waals surface area contributed by atoms with Crippen molar-refractivity contribution in [2.75, 3.05) is 5.73 Å². The van der Waals surface area contributed by atoms with Crippen LogP contribution in [-0.2, 0) is 16.5 Å². The normalized spacial score (nSPS) is 10.5. The van der Waals surface area contributed by atoms with Gasteiger partial charge < -0.3 is 5.73 Å². The van der Waals surface area contributed by atoms with Crippen LogP contribution < -0.4 is 5.73 Å². The second kappa shape index (κ2) is 3.58. The quantitative estimate of drug-likeness (QED) is 0.526. The molecule has 0 aliphatic carbocycles. The maximum absolute atomic E-state index is 10.5. The smallest absolute Gasteiger partial charge is 0.144 e. The Bertz CT molecular complexity index is 330. The molecule has 0 saturated heterocycles. The lowest BCUT2D eigenvalue weighted by molar-refractivity contribution is 0.614. The van der Waals surface area contributed by atoms with Gasteiger partial charge in [-0.05, 0) is 24.1 Å². The molecule has 0 saturated carbocycles. The molecule has 12 heavy (non-hydrogen) atoms. The van der Waals surface area contributed by atoms with Crippen molar-refractivity contribution >= 4 is 16.4 Å². The van der Waals surface area contributed by atoms with Crippen LogP contribution in [0.25, 0.3) is 0 Å². The highest BCUT2D eigenvalue weighted by atomic mass is 32.2. The molecule has 1 aromatic rings. The Morgan fingerprint density at radius 2 is 2.08 bits per heavy atom. The first kappa shape index (κ1) is 9.06. The molecule has 0 aliphatic heterocycles. The van der Waals surface area contributed by atoms with Gasteiger partial charge in [-0.15, -0.1) is 0 Å². The van der Waals surface area contributed by atoms with Gasteiger partial charge in [-0.3, -0.25) is 0 Å². The summed E-state index contributed by atoms with van der Waals surface area (Å²) in [7, 11) is -2.39. The molecular weight excluding hydrogens is 174 g/mol. The summed E-state index contributed by atoms with van der Waals surface area (Å²) >= 11 is 0. The fourth-order valence-electron chi connectivity index (χ4n) is 1.07. The average Bonchev–Trinajstić information content (AvgIpc) is 1.97. The Hall–Kier alpha value is -1.03. The number of rotatable bonds is 2. The number of thiol groups is 1. The predicted octanol–water partition coefficient (Wildman–Crippen LogP) is 0.689. The molecule has 0 unspecified atom stereocenters. The lowest BCUT2D eigenvalue weighted by atomic mass is 10.1. The predicted molar refractivity (Wildman–Crippen MR) is 49.6 cm³/mol. The monoisotopic (exact) mass is 185 g/mol. The van der Waals surface area contributed by atoms with Crippen LogP contribution in [0.1, 0.15) is 11.1 Å². The largest absolute Gasteiger partial charge is 0.398 e. The molecule has 0 aliphatic rings. The lowest BCUT2D eigenvalue weighted by Crippen LogP contribution is -1.97. The summed E-state index contributed by atoms with van der Waals surface area (Å²) in [5.74, 6) is 0.0356. The Morgan fingerprint density at radius 1 is 1.42 bits per heavy atom. The van der Waals surface area contributed by atoms with Crippen LogP contribution in [0.15, 0.2) is 18.2 Å². The molecule has 1 aromatic carbocycles. The molecule has 0 fully saturated rings. The summed E-state index contributed by atoms with van der Waals surface area (Å²) in [5, 5.41) is 0. The fraction of sp³-hybridized carbons (Fsp3) is 0.250. The van der Waals surface area contributed by atoms with Crippen molar-refractivity contribution in [3.63, 3.8) is 0 Å². The number of aryl methyl sites for hydroxylation is 1. The Morgan fingerprint density at radius 3 is 2.58 bits per heavy atom. The molecule has 0 radical (unpaired) electrons. The van der Waals surface area contributed by atoms with Gasteiger partial charge >= 0.3 is 0 Å². The first-order valence-corrected chi connectivity index (χ1v) is 4.93. The average molecular weight is 185 g/mol.